The molecule has 7 heteroatoms. The lowest BCUT2D eigenvalue weighted by Crippen LogP contribution is -2.42. The van der Waals surface area contributed by atoms with Gasteiger partial charge in [0.15, 0.2) is 6.10 Å². The van der Waals surface area contributed by atoms with Gasteiger partial charge in [-0.3, -0.25) is 0 Å². The predicted molar refractivity (Wildman–Crippen MR) is 56.6 cm³/mol. The maximum absolute atomic E-state index is 10.6. The quantitative estimate of drug-likeness (QED) is 0.762. The van der Waals surface area contributed by atoms with E-state index in [9.17, 15) is 4.79 Å². The number of ether oxygens (including phenoxy) is 1. The third-order valence-corrected chi connectivity index (χ3v) is 2.38. The highest BCUT2D eigenvalue weighted by Gasteiger charge is 2.21. The molecule has 1 saturated heterocycles. The number of rotatable bonds is 2. The Morgan fingerprint density at radius 2 is 2.29 bits per heavy atom. The Morgan fingerprint density at radius 1 is 1.59 bits per heavy atom. The van der Waals surface area contributed by atoms with Crippen LogP contribution < -0.4 is 4.90 Å². The van der Waals surface area contributed by atoms with Crippen molar-refractivity contribution in [1.29, 1.82) is 5.26 Å². The molecule has 0 saturated carbocycles. The zero-order valence-corrected chi connectivity index (χ0v) is 8.91. The molecule has 0 spiro atoms. The van der Waals surface area contributed by atoms with Crippen molar-refractivity contribution in [2.75, 3.05) is 24.6 Å². The Labute approximate surface area is 97.3 Å². The largest absolute Gasteiger partial charge is 0.478 e. The number of anilines is 1. The van der Waals surface area contributed by atoms with E-state index >= 15 is 0 Å². The highest BCUT2D eigenvalue weighted by Crippen LogP contribution is 2.12. The molecule has 1 N–H and O–H groups in total. The molecular weight excluding hydrogens is 224 g/mol. The molecule has 0 bridgehead atoms. The number of aromatic carboxylic acids is 1. The van der Waals surface area contributed by atoms with Crippen molar-refractivity contribution in [3.05, 3.63) is 18.0 Å². The molecule has 1 unspecified atom stereocenters. The van der Waals surface area contributed by atoms with Crippen LogP contribution in [0.1, 0.15) is 10.4 Å². The molecule has 2 rings (SSSR count). The van der Waals surface area contributed by atoms with Crippen LogP contribution in [0.15, 0.2) is 12.4 Å². The van der Waals surface area contributed by atoms with E-state index in [2.05, 4.69) is 9.97 Å². The second-order valence-electron chi connectivity index (χ2n) is 3.51. The molecule has 1 fully saturated rings. The smallest absolute Gasteiger partial charge is 0.338 e. The molecule has 0 aromatic carbocycles. The molecule has 1 aliphatic heterocycles. The Hall–Kier alpha value is -2.20. The normalized spacial score (nSPS) is 19.7. The van der Waals surface area contributed by atoms with Gasteiger partial charge in [-0.25, -0.2) is 14.8 Å². The second kappa shape index (κ2) is 4.76. The van der Waals surface area contributed by atoms with E-state index in [0.29, 0.717) is 25.6 Å². The molecule has 88 valence electrons. The molecule has 1 aromatic rings. The van der Waals surface area contributed by atoms with E-state index in [1.54, 1.807) is 4.90 Å². The number of aromatic nitrogens is 2. The van der Waals surface area contributed by atoms with Crippen molar-refractivity contribution in [3.8, 4) is 6.07 Å². The number of hydrogen-bond donors (Lipinski definition) is 1. The van der Waals surface area contributed by atoms with Crippen molar-refractivity contribution in [3.63, 3.8) is 0 Å². The number of hydrogen-bond acceptors (Lipinski definition) is 6. The third kappa shape index (κ3) is 2.49. The van der Waals surface area contributed by atoms with E-state index < -0.39 is 12.1 Å². The van der Waals surface area contributed by atoms with Gasteiger partial charge in [0.2, 0.25) is 5.95 Å². The van der Waals surface area contributed by atoms with Gasteiger partial charge in [0.05, 0.1) is 24.8 Å². The highest BCUT2D eigenvalue weighted by molar-refractivity contribution is 5.86. The van der Waals surface area contributed by atoms with Crippen LogP contribution in [0, 0.1) is 11.3 Å². The minimum Gasteiger partial charge on any atom is -0.478 e. The molecule has 0 radical (unpaired) electrons. The lowest BCUT2D eigenvalue weighted by Gasteiger charge is -2.29. The number of morpholine rings is 1. The SMILES string of the molecule is N#CC1CN(c2ncc(C(=O)O)cn2)CCO1. The van der Waals surface area contributed by atoms with Gasteiger partial charge in [0, 0.05) is 18.9 Å². The van der Waals surface area contributed by atoms with Crippen LogP contribution in [-0.2, 0) is 4.74 Å². The van der Waals surface area contributed by atoms with Crippen molar-refractivity contribution in [1.82, 2.24) is 9.97 Å². The van der Waals surface area contributed by atoms with Crippen molar-refractivity contribution in [2.24, 2.45) is 0 Å². The highest BCUT2D eigenvalue weighted by atomic mass is 16.5. The van der Waals surface area contributed by atoms with Crippen LogP contribution >= 0.6 is 0 Å². The standard InChI is InChI=1S/C10H10N4O3/c11-3-8-6-14(1-2-17-8)10-12-4-7(5-13-10)9(15)16/h4-5,8H,1-2,6H2,(H,15,16). The predicted octanol–water partition coefficient (Wildman–Crippen LogP) is -0.0964. The number of nitriles is 1. The van der Waals surface area contributed by atoms with Gasteiger partial charge in [-0.15, -0.1) is 0 Å². The van der Waals surface area contributed by atoms with Crippen LogP contribution in [0.25, 0.3) is 0 Å². The Bertz CT molecular complexity index is 454. The summed E-state index contributed by atoms with van der Waals surface area (Å²) in [6.45, 7) is 1.41. The summed E-state index contributed by atoms with van der Waals surface area (Å²) in [7, 11) is 0. The van der Waals surface area contributed by atoms with Gasteiger partial charge in [0.1, 0.15) is 0 Å². The molecule has 0 aliphatic carbocycles. The van der Waals surface area contributed by atoms with Crippen molar-refractivity contribution in [2.45, 2.75) is 6.10 Å². The fourth-order valence-corrected chi connectivity index (χ4v) is 1.50. The van der Waals surface area contributed by atoms with Gasteiger partial charge in [-0.1, -0.05) is 0 Å². The molecule has 0 amide bonds. The molecule has 2 heterocycles. The number of carboxylic acid groups (broad SMARTS) is 1. The molecular formula is C10H10N4O3. The molecule has 7 nitrogen and oxygen atoms in total. The summed E-state index contributed by atoms with van der Waals surface area (Å²) in [4.78, 5) is 20.3. The Kier molecular flexibility index (Phi) is 3.16. The Morgan fingerprint density at radius 3 is 2.88 bits per heavy atom. The summed E-state index contributed by atoms with van der Waals surface area (Å²) in [5, 5.41) is 17.5. The Balaban J connectivity index is 2.12. The summed E-state index contributed by atoms with van der Waals surface area (Å²) in [6.07, 6.45) is 2.01. The average molecular weight is 234 g/mol. The first-order valence-corrected chi connectivity index (χ1v) is 5.02. The topological polar surface area (TPSA) is 99.3 Å². The van der Waals surface area contributed by atoms with Gasteiger partial charge in [-0.05, 0) is 0 Å². The zero-order valence-electron chi connectivity index (χ0n) is 8.91. The van der Waals surface area contributed by atoms with Gasteiger partial charge in [0.25, 0.3) is 0 Å². The van der Waals surface area contributed by atoms with Gasteiger partial charge < -0.3 is 14.7 Å². The van der Waals surface area contributed by atoms with E-state index in [1.807, 2.05) is 6.07 Å². The van der Waals surface area contributed by atoms with Crippen LogP contribution in [0.5, 0.6) is 0 Å². The summed E-state index contributed by atoms with van der Waals surface area (Å²) < 4.78 is 5.19. The van der Waals surface area contributed by atoms with E-state index in [0.717, 1.165) is 0 Å². The molecule has 1 aromatic heterocycles. The molecule has 1 atom stereocenters. The third-order valence-electron chi connectivity index (χ3n) is 2.38. The maximum Gasteiger partial charge on any atom is 0.338 e. The lowest BCUT2D eigenvalue weighted by atomic mass is 10.3. The fraction of sp³-hybridized carbons (Fsp3) is 0.400. The number of carbonyl (C=O) groups is 1. The first-order valence-electron chi connectivity index (χ1n) is 5.02. The zero-order chi connectivity index (χ0) is 12.3. The van der Waals surface area contributed by atoms with Gasteiger partial charge in [-0.2, -0.15) is 5.26 Å². The molecule has 17 heavy (non-hydrogen) atoms. The van der Waals surface area contributed by atoms with Crippen LogP contribution in [0.4, 0.5) is 5.95 Å². The van der Waals surface area contributed by atoms with Crippen LogP contribution in [0.2, 0.25) is 0 Å². The fourth-order valence-electron chi connectivity index (χ4n) is 1.50. The maximum atomic E-state index is 10.6. The molecule has 1 aliphatic rings. The van der Waals surface area contributed by atoms with Gasteiger partial charge >= 0.3 is 5.97 Å². The van der Waals surface area contributed by atoms with Crippen LogP contribution in [0.3, 0.4) is 0 Å². The summed E-state index contributed by atoms with van der Waals surface area (Å²) >= 11 is 0. The first kappa shape index (κ1) is 11.3. The summed E-state index contributed by atoms with van der Waals surface area (Å²) in [6, 6.07) is 2.02. The first-order chi connectivity index (χ1) is 8.20. The lowest BCUT2D eigenvalue weighted by molar-refractivity contribution is 0.0694. The average Bonchev–Trinajstić information content (AvgIpc) is 2.39. The number of nitrogens with zero attached hydrogens (tertiary/aromatic N) is 4. The van der Waals surface area contributed by atoms with Crippen LogP contribution in [-0.4, -0.2) is 46.8 Å². The number of carboxylic acids is 1. The van der Waals surface area contributed by atoms with Crippen molar-refractivity contribution >= 4 is 11.9 Å². The monoisotopic (exact) mass is 234 g/mol. The van der Waals surface area contributed by atoms with E-state index in [4.69, 9.17) is 15.1 Å². The van der Waals surface area contributed by atoms with E-state index in [-0.39, 0.29) is 5.56 Å². The minimum absolute atomic E-state index is 0.0406. The second-order valence-corrected chi connectivity index (χ2v) is 3.51. The van der Waals surface area contributed by atoms with Crippen molar-refractivity contribution < 1.29 is 14.6 Å². The minimum atomic E-state index is -1.06. The van der Waals surface area contributed by atoms with E-state index in [1.165, 1.54) is 12.4 Å². The summed E-state index contributed by atoms with van der Waals surface area (Å²) in [5.41, 5.74) is 0.0406. The summed E-state index contributed by atoms with van der Waals surface area (Å²) in [5.74, 6) is -0.646.